The summed E-state index contributed by atoms with van der Waals surface area (Å²) in [4.78, 5) is 23.5. The summed E-state index contributed by atoms with van der Waals surface area (Å²) in [7, 11) is 2.53. The quantitative estimate of drug-likeness (QED) is 0.619. The van der Waals surface area contributed by atoms with E-state index in [1.807, 2.05) is 0 Å². The lowest BCUT2D eigenvalue weighted by atomic mass is 10.1. The second-order valence-electron chi connectivity index (χ2n) is 4.82. The number of rotatable bonds is 4. The smallest absolute Gasteiger partial charge is 0.416 e. The third-order valence-corrected chi connectivity index (χ3v) is 3.24. The van der Waals surface area contributed by atoms with Gasteiger partial charge in [-0.05, 0) is 42.5 Å². The molecule has 25 heavy (non-hydrogen) atoms. The normalized spacial score (nSPS) is 10.9. The van der Waals surface area contributed by atoms with Crippen molar-refractivity contribution < 1.29 is 37.0 Å². The van der Waals surface area contributed by atoms with Crippen LogP contribution in [0.5, 0.6) is 11.5 Å². The molecule has 0 fully saturated rings. The SMILES string of the molecule is COC(=O)c1ccc(OC(=O)c2ccc(C(F)(F)F)cc2)c(OC)c1. The van der Waals surface area contributed by atoms with Gasteiger partial charge in [-0.3, -0.25) is 0 Å². The molecule has 0 saturated heterocycles. The van der Waals surface area contributed by atoms with E-state index >= 15 is 0 Å². The molecule has 0 heterocycles. The molecule has 0 aliphatic heterocycles. The predicted molar refractivity (Wildman–Crippen MR) is 80.7 cm³/mol. The zero-order chi connectivity index (χ0) is 18.6. The summed E-state index contributed by atoms with van der Waals surface area (Å²) in [5, 5.41) is 0. The van der Waals surface area contributed by atoms with Crippen LogP contribution in [0.3, 0.4) is 0 Å². The Hall–Kier alpha value is -3.03. The number of hydrogen-bond donors (Lipinski definition) is 0. The van der Waals surface area contributed by atoms with Crippen molar-refractivity contribution in [3.8, 4) is 11.5 Å². The Morgan fingerprint density at radius 3 is 1.96 bits per heavy atom. The molecule has 0 aliphatic rings. The van der Waals surface area contributed by atoms with Crippen molar-refractivity contribution in [2.75, 3.05) is 14.2 Å². The molecular weight excluding hydrogens is 341 g/mol. The van der Waals surface area contributed by atoms with E-state index < -0.39 is 23.7 Å². The number of methoxy groups -OCH3 is 2. The van der Waals surface area contributed by atoms with E-state index in [1.165, 1.54) is 32.4 Å². The molecule has 8 heteroatoms. The maximum absolute atomic E-state index is 12.5. The van der Waals surface area contributed by atoms with Crippen LogP contribution < -0.4 is 9.47 Å². The summed E-state index contributed by atoms with van der Waals surface area (Å²) in [6.45, 7) is 0. The number of hydrogen-bond acceptors (Lipinski definition) is 5. The van der Waals surface area contributed by atoms with Gasteiger partial charge in [0.2, 0.25) is 0 Å². The number of carbonyl (C=O) groups excluding carboxylic acids is 2. The second kappa shape index (κ2) is 7.25. The van der Waals surface area contributed by atoms with Crippen molar-refractivity contribution in [1.82, 2.24) is 0 Å². The van der Waals surface area contributed by atoms with Crippen LogP contribution >= 0.6 is 0 Å². The van der Waals surface area contributed by atoms with Gasteiger partial charge in [-0.25, -0.2) is 9.59 Å². The lowest BCUT2D eigenvalue weighted by Gasteiger charge is -2.11. The molecule has 2 rings (SSSR count). The topological polar surface area (TPSA) is 61.8 Å². The Kier molecular flexibility index (Phi) is 5.31. The van der Waals surface area contributed by atoms with Crippen LogP contribution in [0.2, 0.25) is 0 Å². The lowest BCUT2D eigenvalue weighted by Crippen LogP contribution is -2.11. The Labute approximate surface area is 140 Å². The molecule has 0 amide bonds. The maximum atomic E-state index is 12.5. The highest BCUT2D eigenvalue weighted by molar-refractivity contribution is 5.92. The first-order valence-electron chi connectivity index (χ1n) is 6.92. The molecule has 132 valence electrons. The number of ether oxygens (including phenoxy) is 3. The van der Waals surface area contributed by atoms with Crippen LogP contribution in [0.1, 0.15) is 26.3 Å². The van der Waals surface area contributed by atoms with E-state index in [0.717, 1.165) is 24.3 Å². The van der Waals surface area contributed by atoms with Crippen LogP contribution in [0.25, 0.3) is 0 Å². The Balaban J connectivity index is 2.21. The second-order valence-corrected chi connectivity index (χ2v) is 4.82. The van der Waals surface area contributed by atoms with Crippen LogP contribution in [-0.4, -0.2) is 26.2 Å². The highest BCUT2D eigenvalue weighted by Gasteiger charge is 2.30. The third kappa shape index (κ3) is 4.28. The molecule has 0 radical (unpaired) electrons. The van der Waals surface area contributed by atoms with Gasteiger partial charge in [0.15, 0.2) is 11.5 Å². The van der Waals surface area contributed by atoms with Crippen LogP contribution in [0.15, 0.2) is 42.5 Å². The van der Waals surface area contributed by atoms with E-state index in [9.17, 15) is 22.8 Å². The highest BCUT2D eigenvalue weighted by Crippen LogP contribution is 2.31. The van der Waals surface area contributed by atoms with Gasteiger partial charge in [-0.2, -0.15) is 13.2 Å². The van der Waals surface area contributed by atoms with Crippen molar-refractivity contribution in [2.45, 2.75) is 6.18 Å². The molecule has 5 nitrogen and oxygen atoms in total. The lowest BCUT2D eigenvalue weighted by molar-refractivity contribution is -0.137. The number of esters is 2. The van der Waals surface area contributed by atoms with Gasteiger partial charge >= 0.3 is 18.1 Å². The van der Waals surface area contributed by atoms with Crippen molar-refractivity contribution in [2.24, 2.45) is 0 Å². The third-order valence-electron chi connectivity index (χ3n) is 3.24. The average Bonchev–Trinajstić information content (AvgIpc) is 2.60. The first-order valence-corrected chi connectivity index (χ1v) is 6.92. The minimum absolute atomic E-state index is 0.0139. The average molecular weight is 354 g/mol. The van der Waals surface area contributed by atoms with Gasteiger partial charge in [0.1, 0.15) is 0 Å². The molecule has 0 spiro atoms. The molecule has 0 N–H and O–H groups in total. The number of alkyl halides is 3. The van der Waals surface area contributed by atoms with Crippen LogP contribution in [0.4, 0.5) is 13.2 Å². The molecule has 0 aromatic heterocycles. The number of halogens is 3. The van der Waals surface area contributed by atoms with Gasteiger partial charge in [0.05, 0.1) is 30.9 Å². The summed E-state index contributed by atoms with van der Waals surface area (Å²) >= 11 is 0. The van der Waals surface area contributed by atoms with Gasteiger partial charge in [-0.1, -0.05) is 0 Å². The Bertz CT molecular complexity index is 782. The van der Waals surface area contributed by atoms with Crippen LogP contribution in [0, 0.1) is 0 Å². The van der Waals surface area contributed by atoms with Gasteiger partial charge in [0, 0.05) is 0 Å². The molecule has 0 saturated carbocycles. The minimum Gasteiger partial charge on any atom is -0.493 e. The summed E-state index contributed by atoms with van der Waals surface area (Å²) in [5.74, 6) is -1.35. The monoisotopic (exact) mass is 354 g/mol. The molecule has 2 aromatic carbocycles. The fourth-order valence-corrected chi connectivity index (χ4v) is 1.95. The molecular formula is C17H13F3O5. The van der Waals surface area contributed by atoms with E-state index in [4.69, 9.17) is 9.47 Å². The summed E-state index contributed by atoms with van der Waals surface area (Å²) in [5.41, 5.74) is -0.746. The van der Waals surface area contributed by atoms with Crippen molar-refractivity contribution in [1.29, 1.82) is 0 Å². The zero-order valence-corrected chi connectivity index (χ0v) is 13.2. The molecule has 2 aromatic rings. The predicted octanol–water partition coefficient (Wildman–Crippen LogP) is 3.72. The standard InChI is InChI=1S/C17H13F3O5/c1-23-14-9-11(15(21)24-2)5-8-13(14)25-16(22)10-3-6-12(7-4-10)17(18,19)20/h3-9H,1-2H3. The zero-order valence-electron chi connectivity index (χ0n) is 13.2. The van der Waals surface area contributed by atoms with Crippen LogP contribution in [-0.2, 0) is 10.9 Å². The first kappa shape index (κ1) is 18.3. The molecule has 0 bridgehead atoms. The molecule has 0 unspecified atom stereocenters. The van der Waals surface area contributed by atoms with Gasteiger partial charge in [0.25, 0.3) is 0 Å². The highest BCUT2D eigenvalue weighted by atomic mass is 19.4. The maximum Gasteiger partial charge on any atom is 0.416 e. The van der Waals surface area contributed by atoms with Crippen molar-refractivity contribution in [3.05, 3.63) is 59.2 Å². The van der Waals surface area contributed by atoms with Crippen molar-refractivity contribution >= 4 is 11.9 Å². The van der Waals surface area contributed by atoms with E-state index in [2.05, 4.69) is 4.74 Å². The summed E-state index contributed by atoms with van der Waals surface area (Å²) < 4.78 is 52.3. The fourth-order valence-electron chi connectivity index (χ4n) is 1.95. The van der Waals surface area contributed by atoms with Gasteiger partial charge < -0.3 is 14.2 Å². The van der Waals surface area contributed by atoms with E-state index in [1.54, 1.807) is 0 Å². The molecule has 0 aliphatic carbocycles. The largest absolute Gasteiger partial charge is 0.493 e. The Morgan fingerprint density at radius 1 is 0.840 bits per heavy atom. The van der Waals surface area contributed by atoms with E-state index in [0.29, 0.717) is 0 Å². The fraction of sp³-hybridized carbons (Fsp3) is 0.176. The van der Waals surface area contributed by atoms with Gasteiger partial charge in [-0.15, -0.1) is 0 Å². The minimum atomic E-state index is -4.49. The summed E-state index contributed by atoms with van der Waals surface area (Å²) in [6.07, 6.45) is -4.49. The number of benzene rings is 2. The first-order chi connectivity index (χ1) is 11.8. The van der Waals surface area contributed by atoms with E-state index in [-0.39, 0.29) is 22.6 Å². The molecule has 0 atom stereocenters. The number of carbonyl (C=O) groups is 2. The Morgan fingerprint density at radius 2 is 1.44 bits per heavy atom. The summed E-state index contributed by atoms with van der Waals surface area (Å²) in [6, 6.07) is 7.61. The van der Waals surface area contributed by atoms with Crippen molar-refractivity contribution in [3.63, 3.8) is 0 Å².